The molecule has 1 fully saturated rings. The maximum atomic E-state index is 13.0. The summed E-state index contributed by atoms with van der Waals surface area (Å²) in [7, 11) is 1.43. The highest BCUT2D eigenvalue weighted by Crippen LogP contribution is 2.38. The largest absolute Gasteiger partial charge is 0.495 e. The third-order valence-electron chi connectivity index (χ3n) is 5.19. The Kier molecular flexibility index (Phi) is 5.58. The molecule has 2 N–H and O–H groups in total. The summed E-state index contributed by atoms with van der Waals surface area (Å²) in [6.45, 7) is 1.19. The molecular weight excluding hydrogens is 391 g/mol. The van der Waals surface area contributed by atoms with E-state index < -0.39 is 17.6 Å². The van der Waals surface area contributed by atoms with Crippen LogP contribution in [0.3, 0.4) is 0 Å². The van der Waals surface area contributed by atoms with Crippen LogP contribution in [-0.4, -0.2) is 42.3 Å². The maximum Gasteiger partial charge on any atom is 0.306 e. The quantitative estimate of drug-likeness (QED) is 0.696. The number of carbonyl (C=O) groups is 3. The number of ether oxygens (including phenoxy) is 1. The fourth-order valence-electron chi connectivity index (χ4n) is 3.68. The zero-order chi connectivity index (χ0) is 21.3. The van der Waals surface area contributed by atoms with Crippen molar-refractivity contribution in [2.24, 2.45) is 0 Å². The number of amides is 2. The third kappa shape index (κ3) is 3.82. The summed E-state index contributed by atoms with van der Waals surface area (Å²) < 4.78 is 18.3. The number of hydrogen-bond donors (Lipinski definition) is 2. The number of nitrogens with zero attached hydrogens (tertiary/aromatic N) is 2. The average molecular weight is 412 g/mol. The molecular formula is C21H21FN4O4. The predicted octanol–water partition coefficient (Wildman–Crippen LogP) is 1.56. The van der Waals surface area contributed by atoms with Gasteiger partial charge in [0.1, 0.15) is 17.3 Å². The second-order valence-corrected chi connectivity index (χ2v) is 7.22. The Morgan fingerprint density at radius 1 is 1.20 bits per heavy atom. The zero-order valence-corrected chi connectivity index (χ0v) is 16.4. The lowest BCUT2D eigenvalue weighted by Gasteiger charge is -2.18. The van der Waals surface area contributed by atoms with E-state index >= 15 is 0 Å². The number of fused-ring (bicyclic) bond motifs is 1. The second kappa shape index (κ2) is 8.31. The average Bonchev–Trinajstić information content (AvgIpc) is 3.30. The van der Waals surface area contributed by atoms with Crippen LogP contribution in [0.1, 0.15) is 28.8 Å². The molecule has 0 aliphatic carbocycles. The number of Topliss-reactive ketones (excluding diaryl/α,β-unsaturated/α-hetero) is 1. The van der Waals surface area contributed by atoms with Gasteiger partial charge in [-0.2, -0.15) is 5.53 Å². The normalized spacial score (nSPS) is 18.7. The smallest absolute Gasteiger partial charge is 0.306 e. The fraction of sp³-hybridized carbons (Fsp3) is 0.286. The zero-order valence-electron chi connectivity index (χ0n) is 16.4. The molecule has 4 rings (SSSR count). The third-order valence-corrected chi connectivity index (χ3v) is 5.19. The van der Waals surface area contributed by atoms with Gasteiger partial charge >= 0.3 is 5.91 Å². The van der Waals surface area contributed by atoms with Crippen molar-refractivity contribution in [2.45, 2.75) is 25.4 Å². The van der Waals surface area contributed by atoms with Gasteiger partial charge in [-0.1, -0.05) is 18.2 Å². The van der Waals surface area contributed by atoms with Gasteiger partial charge in [0, 0.05) is 25.6 Å². The highest BCUT2D eigenvalue weighted by molar-refractivity contribution is 6.56. The van der Waals surface area contributed by atoms with Crippen molar-refractivity contribution in [3.05, 3.63) is 59.4 Å². The number of para-hydroxylation sites is 1. The summed E-state index contributed by atoms with van der Waals surface area (Å²) in [6, 6.07) is 11.0. The van der Waals surface area contributed by atoms with Crippen molar-refractivity contribution in [3.63, 3.8) is 0 Å². The number of benzene rings is 2. The number of anilines is 1. The number of rotatable bonds is 6. The number of halogens is 1. The topological polar surface area (TPSA) is 91.0 Å². The van der Waals surface area contributed by atoms with Crippen molar-refractivity contribution < 1.29 is 23.5 Å². The standard InChI is InChI=1S/C21H21FN4O4/c1-30-17-4-2-3-16-19(17)26(21(29)20(16)28)18(27)10-9-15-12-25(24-23-15)11-13-5-7-14(22)8-6-13/h2-8,15,23-24H,9-12H2,1H3. The van der Waals surface area contributed by atoms with E-state index in [1.807, 2.05) is 5.01 Å². The molecule has 9 heteroatoms. The van der Waals surface area contributed by atoms with Crippen molar-refractivity contribution in [3.8, 4) is 5.75 Å². The molecule has 0 radical (unpaired) electrons. The van der Waals surface area contributed by atoms with Gasteiger partial charge < -0.3 is 4.74 Å². The predicted molar refractivity (Wildman–Crippen MR) is 106 cm³/mol. The van der Waals surface area contributed by atoms with Gasteiger partial charge in [0.15, 0.2) is 0 Å². The molecule has 1 saturated heterocycles. The van der Waals surface area contributed by atoms with Crippen molar-refractivity contribution in [1.29, 1.82) is 0 Å². The Bertz CT molecular complexity index is 995. The van der Waals surface area contributed by atoms with Crippen LogP contribution in [0.15, 0.2) is 42.5 Å². The monoisotopic (exact) mass is 412 g/mol. The van der Waals surface area contributed by atoms with Crippen LogP contribution in [0, 0.1) is 5.82 Å². The van der Waals surface area contributed by atoms with E-state index in [1.54, 1.807) is 24.3 Å². The summed E-state index contributed by atoms with van der Waals surface area (Å²) in [4.78, 5) is 38.3. The molecule has 30 heavy (non-hydrogen) atoms. The molecule has 0 spiro atoms. The highest BCUT2D eigenvalue weighted by Gasteiger charge is 2.41. The molecule has 156 valence electrons. The van der Waals surface area contributed by atoms with Crippen LogP contribution in [0.25, 0.3) is 0 Å². The van der Waals surface area contributed by atoms with Gasteiger partial charge in [-0.25, -0.2) is 19.7 Å². The van der Waals surface area contributed by atoms with Gasteiger partial charge in [0.25, 0.3) is 5.78 Å². The number of imide groups is 1. The van der Waals surface area contributed by atoms with Gasteiger partial charge in [0.2, 0.25) is 5.91 Å². The minimum atomic E-state index is -0.852. The van der Waals surface area contributed by atoms with Crippen LogP contribution in [0.2, 0.25) is 0 Å². The Morgan fingerprint density at radius 2 is 1.97 bits per heavy atom. The Morgan fingerprint density at radius 3 is 2.70 bits per heavy atom. The summed E-state index contributed by atoms with van der Waals surface area (Å²) in [5.74, 6) is -1.98. The maximum absolute atomic E-state index is 13.0. The first-order valence-corrected chi connectivity index (χ1v) is 9.57. The molecule has 0 aromatic heterocycles. The van der Waals surface area contributed by atoms with Crippen LogP contribution < -0.4 is 20.6 Å². The first-order chi connectivity index (χ1) is 14.5. The van der Waals surface area contributed by atoms with E-state index in [4.69, 9.17) is 4.74 Å². The SMILES string of the molecule is COc1cccc2c1N(C(=O)CCC1CN(Cc3ccc(F)cc3)NN1)C(=O)C2=O. The number of hydrogen-bond acceptors (Lipinski definition) is 7. The van der Waals surface area contributed by atoms with E-state index in [0.29, 0.717) is 25.3 Å². The molecule has 2 heterocycles. The lowest BCUT2D eigenvalue weighted by molar-refractivity contribution is -0.124. The van der Waals surface area contributed by atoms with E-state index in [1.165, 1.54) is 25.3 Å². The number of hydrazine groups is 2. The van der Waals surface area contributed by atoms with Gasteiger partial charge in [0.05, 0.1) is 12.7 Å². The second-order valence-electron chi connectivity index (χ2n) is 7.22. The number of carbonyl (C=O) groups excluding carboxylic acids is 3. The van der Waals surface area contributed by atoms with Crippen LogP contribution in [0.5, 0.6) is 5.75 Å². The molecule has 8 nitrogen and oxygen atoms in total. The lowest BCUT2D eigenvalue weighted by Crippen LogP contribution is -2.38. The van der Waals surface area contributed by atoms with E-state index in [9.17, 15) is 18.8 Å². The minimum Gasteiger partial charge on any atom is -0.495 e. The lowest BCUT2D eigenvalue weighted by atomic mass is 10.1. The number of nitrogens with one attached hydrogen (secondary N) is 2. The summed E-state index contributed by atoms with van der Waals surface area (Å²) in [5, 5.41) is 1.92. The molecule has 0 bridgehead atoms. The van der Waals surface area contributed by atoms with Crippen LogP contribution in [0.4, 0.5) is 10.1 Å². The fourth-order valence-corrected chi connectivity index (χ4v) is 3.68. The summed E-state index contributed by atoms with van der Waals surface area (Å²) >= 11 is 0. The molecule has 0 saturated carbocycles. The van der Waals surface area contributed by atoms with E-state index in [-0.39, 0.29) is 29.5 Å². The summed E-state index contributed by atoms with van der Waals surface area (Å²) in [6.07, 6.45) is 0.550. The molecule has 2 aliphatic rings. The Hall–Kier alpha value is -3.14. The number of ketones is 1. The van der Waals surface area contributed by atoms with Crippen LogP contribution >= 0.6 is 0 Å². The molecule has 1 atom stereocenters. The van der Waals surface area contributed by atoms with Crippen LogP contribution in [-0.2, 0) is 16.1 Å². The Labute approximate surface area is 172 Å². The molecule has 2 aromatic rings. The highest BCUT2D eigenvalue weighted by atomic mass is 19.1. The van der Waals surface area contributed by atoms with Crippen molar-refractivity contribution in [1.82, 2.24) is 16.0 Å². The molecule has 2 aliphatic heterocycles. The van der Waals surface area contributed by atoms with Crippen molar-refractivity contribution >= 4 is 23.3 Å². The molecule has 2 aromatic carbocycles. The molecule has 2 amide bonds. The minimum absolute atomic E-state index is 0.0278. The first-order valence-electron chi connectivity index (χ1n) is 9.57. The summed E-state index contributed by atoms with van der Waals surface area (Å²) in [5.41, 5.74) is 7.49. The first kappa shape index (κ1) is 20.1. The van der Waals surface area contributed by atoms with Gasteiger partial charge in [-0.15, -0.1) is 0 Å². The van der Waals surface area contributed by atoms with Crippen molar-refractivity contribution in [2.75, 3.05) is 18.6 Å². The number of methoxy groups -OCH3 is 1. The Balaban J connectivity index is 1.36. The van der Waals surface area contributed by atoms with E-state index in [0.717, 1.165) is 10.5 Å². The molecule has 1 unspecified atom stereocenters. The van der Waals surface area contributed by atoms with E-state index in [2.05, 4.69) is 11.0 Å². The van der Waals surface area contributed by atoms with Gasteiger partial charge in [-0.05, 0) is 36.2 Å². The van der Waals surface area contributed by atoms with Gasteiger partial charge in [-0.3, -0.25) is 14.4 Å².